The summed E-state index contributed by atoms with van der Waals surface area (Å²) in [7, 11) is 0. The second-order valence-corrected chi connectivity index (χ2v) is 11.1. The van der Waals surface area contributed by atoms with Crippen LogP contribution in [0.4, 0.5) is 11.6 Å². The standard InChI is InChI=1S/C32H35N5O2S/c1-5-19-40-32-35-31-33-23(4)28(30(38)34-27-16-11-21(2)20-22(27)3)29(37(31)36-32)25-12-14-26(15-13-25)39-18-17-24-9-7-6-8-10-24/h6-16,20,29H,5,17-19H2,1-4H3,(H,34,38)(H,33,35,36). The van der Waals surface area contributed by atoms with Crippen molar-refractivity contribution >= 4 is 29.3 Å². The summed E-state index contributed by atoms with van der Waals surface area (Å²) in [5.74, 6) is 2.17. The van der Waals surface area contributed by atoms with Gasteiger partial charge < -0.3 is 15.4 Å². The van der Waals surface area contributed by atoms with Crippen molar-refractivity contribution in [1.82, 2.24) is 14.8 Å². The molecule has 0 spiro atoms. The number of aryl methyl sites for hydroxylation is 2. The molecular weight excluding hydrogens is 518 g/mol. The minimum absolute atomic E-state index is 0.172. The molecule has 40 heavy (non-hydrogen) atoms. The molecule has 0 bridgehead atoms. The van der Waals surface area contributed by atoms with E-state index in [9.17, 15) is 4.79 Å². The van der Waals surface area contributed by atoms with Gasteiger partial charge in [-0.2, -0.15) is 4.98 Å². The molecule has 0 saturated carbocycles. The van der Waals surface area contributed by atoms with E-state index in [1.807, 2.05) is 80.1 Å². The first-order valence-corrected chi connectivity index (χ1v) is 14.6. The highest BCUT2D eigenvalue weighted by Gasteiger charge is 2.34. The molecule has 1 aliphatic rings. The number of carbonyl (C=O) groups is 1. The second-order valence-electron chi connectivity index (χ2n) is 10.0. The van der Waals surface area contributed by atoms with E-state index < -0.39 is 6.04 Å². The highest BCUT2D eigenvalue weighted by Crippen LogP contribution is 2.37. The molecule has 206 valence electrons. The molecule has 0 aliphatic carbocycles. The molecule has 0 radical (unpaired) electrons. The lowest BCUT2D eigenvalue weighted by atomic mass is 9.94. The number of hydrogen-bond donors (Lipinski definition) is 2. The molecule has 0 saturated heterocycles. The van der Waals surface area contributed by atoms with Gasteiger partial charge in [-0.25, -0.2) is 4.68 Å². The SMILES string of the molecule is CCCSc1nc2n(n1)C(c1ccc(OCCc3ccccc3)cc1)C(C(=O)Nc1ccc(C)cc1C)=C(C)N2. The van der Waals surface area contributed by atoms with Crippen LogP contribution in [0.1, 0.15) is 48.6 Å². The van der Waals surface area contributed by atoms with Crippen LogP contribution in [0.3, 0.4) is 0 Å². The Bertz CT molecular complexity index is 1510. The number of ether oxygens (including phenoxy) is 1. The first-order chi connectivity index (χ1) is 19.4. The van der Waals surface area contributed by atoms with E-state index in [1.165, 1.54) is 5.56 Å². The van der Waals surface area contributed by atoms with Crippen LogP contribution in [-0.4, -0.2) is 33.0 Å². The molecule has 7 nitrogen and oxygen atoms in total. The van der Waals surface area contributed by atoms with E-state index >= 15 is 0 Å². The monoisotopic (exact) mass is 553 g/mol. The highest BCUT2D eigenvalue weighted by atomic mass is 32.2. The minimum atomic E-state index is -0.441. The van der Waals surface area contributed by atoms with Gasteiger partial charge in [-0.15, -0.1) is 5.10 Å². The van der Waals surface area contributed by atoms with Gasteiger partial charge in [0.2, 0.25) is 11.1 Å². The van der Waals surface area contributed by atoms with Crippen molar-refractivity contribution in [3.05, 3.63) is 106 Å². The number of aromatic nitrogens is 3. The van der Waals surface area contributed by atoms with E-state index in [-0.39, 0.29) is 5.91 Å². The van der Waals surface area contributed by atoms with Gasteiger partial charge in [0.05, 0.1) is 12.2 Å². The van der Waals surface area contributed by atoms with Crippen LogP contribution in [-0.2, 0) is 11.2 Å². The third-order valence-corrected chi connectivity index (χ3v) is 7.88. The topological polar surface area (TPSA) is 81.1 Å². The van der Waals surface area contributed by atoms with E-state index in [1.54, 1.807) is 11.8 Å². The van der Waals surface area contributed by atoms with Gasteiger partial charge in [0.15, 0.2) is 0 Å². The Balaban J connectivity index is 1.42. The number of allylic oxidation sites excluding steroid dienone is 1. The largest absolute Gasteiger partial charge is 0.493 e. The Morgan fingerprint density at radius 3 is 2.55 bits per heavy atom. The predicted octanol–water partition coefficient (Wildman–Crippen LogP) is 6.95. The third-order valence-electron chi connectivity index (χ3n) is 6.84. The summed E-state index contributed by atoms with van der Waals surface area (Å²) in [6, 6.07) is 23.8. The summed E-state index contributed by atoms with van der Waals surface area (Å²) >= 11 is 1.62. The van der Waals surface area contributed by atoms with Crippen molar-refractivity contribution in [2.75, 3.05) is 23.0 Å². The van der Waals surface area contributed by atoms with Gasteiger partial charge in [0.1, 0.15) is 11.8 Å². The maximum absolute atomic E-state index is 13.8. The molecule has 1 unspecified atom stereocenters. The molecule has 1 aromatic heterocycles. The van der Waals surface area contributed by atoms with Gasteiger partial charge in [0.25, 0.3) is 5.91 Å². The summed E-state index contributed by atoms with van der Waals surface area (Å²) in [5.41, 5.74) is 6.48. The number of fused-ring (bicyclic) bond motifs is 1. The average Bonchev–Trinajstić information content (AvgIpc) is 3.36. The lowest BCUT2D eigenvalue weighted by Gasteiger charge is -2.29. The molecule has 0 fully saturated rings. The fraction of sp³-hybridized carbons (Fsp3) is 0.281. The van der Waals surface area contributed by atoms with Crippen LogP contribution in [0.2, 0.25) is 0 Å². The lowest BCUT2D eigenvalue weighted by molar-refractivity contribution is -0.113. The zero-order chi connectivity index (χ0) is 28.1. The van der Waals surface area contributed by atoms with Crippen molar-refractivity contribution in [2.24, 2.45) is 0 Å². The number of rotatable bonds is 10. The third kappa shape index (κ3) is 6.23. The number of carbonyl (C=O) groups excluding carboxylic acids is 1. The van der Waals surface area contributed by atoms with Crippen molar-refractivity contribution < 1.29 is 9.53 Å². The van der Waals surface area contributed by atoms with Gasteiger partial charge in [-0.05, 0) is 62.1 Å². The van der Waals surface area contributed by atoms with Gasteiger partial charge >= 0.3 is 0 Å². The van der Waals surface area contributed by atoms with Crippen LogP contribution in [0.25, 0.3) is 0 Å². The molecule has 1 aliphatic heterocycles. The number of benzene rings is 3. The summed E-state index contributed by atoms with van der Waals surface area (Å²) in [4.78, 5) is 18.5. The molecule has 5 rings (SSSR count). The maximum Gasteiger partial charge on any atom is 0.255 e. The van der Waals surface area contributed by atoms with Gasteiger partial charge in [0, 0.05) is 23.6 Å². The summed E-state index contributed by atoms with van der Waals surface area (Å²) in [5, 5.41) is 12.0. The molecule has 1 amide bonds. The fourth-order valence-corrected chi connectivity index (χ4v) is 5.49. The fourth-order valence-electron chi connectivity index (χ4n) is 4.81. The normalized spacial score (nSPS) is 14.4. The van der Waals surface area contributed by atoms with Crippen LogP contribution in [0, 0.1) is 13.8 Å². The Kier molecular flexibility index (Phi) is 8.55. The van der Waals surface area contributed by atoms with Crippen LogP contribution < -0.4 is 15.4 Å². The van der Waals surface area contributed by atoms with Crippen molar-refractivity contribution in [3.63, 3.8) is 0 Å². The second kappa shape index (κ2) is 12.4. The Morgan fingerprint density at radius 2 is 1.82 bits per heavy atom. The first kappa shape index (κ1) is 27.5. The summed E-state index contributed by atoms with van der Waals surface area (Å²) < 4.78 is 7.85. The minimum Gasteiger partial charge on any atom is -0.493 e. The van der Waals surface area contributed by atoms with E-state index in [4.69, 9.17) is 14.8 Å². The molecule has 8 heteroatoms. The van der Waals surface area contributed by atoms with Gasteiger partial charge in [-0.3, -0.25) is 4.79 Å². The molecule has 2 heterocycles. The number of amides is 1. The predicted molar refractivity (Wildman–Crippen MR) is 162 cm³/mol. The van der Waals surface area contributed by atoms with E-state index in [2.05, 4.69) is 35.8 Å². The molecule has 1 atom stereocenters. The van der Waals surface area contributed by atoms with E-state index in [0.29, 0.717) is 23.3 Å². The van der Waals surface area contributed by atoms with Crippen molar-refractivity contribution in [2.45, 2.75) is 51.7 Å². The van der Waals surface area contributed by atoms with Gasteiger partial charge in [-0.1, -0.05) is 78.8 Å². The highest BCUT2D eigenvalue weighted by molar-refractivity contribution is 7.99. The number of nitrogens with zero attached hydrogens (tertiary/aromatic N) is 3. The summed E-state index contributed by atoms with van der Waals surface area (Å²) in [6.07, 6.45) is 1.86. The van der Waals surface area contributed by atoms with Crippen LogP contribution >= 0.6 is 11.8 Å². The smallest absolute Gasteiger partial charge is 0.255 e. The Hall–Kier alpha value is -4.04. The molecule has 3 aromatic carbocycles. The first-order valence-electron chi connectivity index (χ1n) is 13.7. The van der Waals surface area contributed by atoms with Crippen molar-refractivity contribution in [3.8, 4) is 5.75 Å². The average molecular weight is 554 g/mol. The lowest BCUT2D eigenvalue weighted by Crippen LogP contribution is -2.31. The number of nitrogens with one attached hydrogen (secondary N) is 2. The van der Waals surface area contributed by atoms with Crippen LogP contribution in [0.5, 0.6) is 5.75 Å². The Labute approximate surface area is 240 Å². The number of hydrogen-bond acceptors (Lipinski definition) is 6. The quantitative estimate of drug-likeness (QED) is 0.207. The van der Waals surface area contributed by atoms with Crippen LogP contribution in [0.15, 0.2) is 89.2 Å². The molecule has 4 aromatic rings. The summed E-state index contributed by atoms with van der Waals surface area (Å²) in [6.45, 7) is 8.69. The van der Waals surface area contributed by atoms with Crippen molar-refractivity contribution in [1.29, 1.82) is 0 Å². The maximum atomic E-state index is 13.8. The Morgan fingerprint density at radius 1 is 1.05 bits per heavy atom. The number of anilines is 2. The number of thioether (sulfide) groups is 1. The van der Waals surface area contributed by atoms with E-state index in [0.717, 1.165) is 52.4 Å². The molecular formula is C32H35N5O2S. The zero-order valence-corrected chi connectivity index (χ0v) is 24.2. The molecule has 2 N–H and O–H groups in total. The zero-order valence-electron chi connectivity index (χ0n) is 23.4.